The molecule has 0 aromatic rings. The van der Waals surface area contributed by atoms with Gasteiger partial charge in [-0.05, 0) is 25.9 Å². The first kappa shape index (κ1) is 11.0. The summed E-state index contributed by atoms with van der Waals surface area (Å²) in [5, 5.41) is 3.21. The van der Waals surface area contributed by atoms with Gasteiger partial charge in [-0.15, -0.1) is 0 Å². The molecule has 0 unspecified atom stereocenters. The van der Waals surface area contributed by atoms with E-state index in [2.05, 4.69) is 5.32 Å². The Kier molecular flexibility index (Phi) is 3.88. The van der Waals surface area contributed by atoms with E-state index in [9.17, 15) is 9.59 Å². The van der Waals surface area contributed by atoms with E-state index in [1.54, 1.807) is 4.90 Å². The van der Waals surface area contributed by atoms with E-state index in [-0.39, 0.29) is 18.5 Å². The van der Waals surface area contributed by atoms with Gasteiger partial charge >= 0.3 is 0 Å². The maximum absolute atomic E-state index is 11.3. The summed E-state index contributed by atoms with van der Waals surface area (Å²) < 4.78 is 0. The second-order valence-corrected chi connectivity index (χ2v) is 3.59. The molecule has 0 aromatic heterocycles. The first-order valence-electron chi connectivity index (χ1n) is 4.87. The van der Waals surface area contributed by atoms with Gasteiger partial charge in [0.25, 0.3) is 0 Å². The van der Waals surface area contributed by atoms with Crippen LogP contribution in [0.2, 0.25) is 0 Å². The predicted molar refractivity (Wildman–Crippen MR) is 52.5 cm³/mol. The van der Waals surface area contributed by atoms with Gasteiger partial charge < -0.3 is 16.0 Å². The lowest BCUT2D eigenvalue weighted by atomic mass is 10.0. The minimum Gasteiger partial charge on any atom is -0.368 e. The van der Waals surface area contributed by atoms with E-state index in [1.807, 2.05) is 0 Å². The highest BCUT2D eigenvalue weighted by Gasteiger charge is 2.23. The fraction of sp³-hybridized carbons (Fsp3) is 0.778. The van der Waals surface area contributed by atoms with Crippen LogP contribution in [0.25, 0.3) is 0 Å². The molecule has 1 rings (SSSR count). The van der Waals surface area contributed by atoms with Gasteiger partial charge in [0, 0.05) is 13.0 Å². The third kappa shape index (κ3) is 2.99. The first-order valence-corrected chi connectivity index (χ1v) is 4.87. The number of nitrogens with one attached hydrogen (secondary N) is 1. The molecule has 80 valence electrons. The number of carbonyl (C=O) groups excluding carboxylic acids is 2. The van der Waals surface area contributed by atoms with E-state index in [4.69, 9.17) is 5.73 Å². The van der Waals surface area contributed by atoms with Gasteiger partial charge in [-0.25, -0.2) is 0 Å². The Morgan fingerprint density at radius 1 is 1.43 bits per heavy atom. The van der Waals surface area contributed by atoms with E-state index in [0.29, 0.717) is 0 Å². The van der Waals surface area contributed by atoms with Crippen LogP contribution in [-0.4, -0.2) is 42.4 Å². The molecule has 5 heteroatoms. The molecule has 0 aliphatic carbocycles. The maximum Gasteiger partial charge on any atom is 0.237 e. The van der Waals surface area contributed by atoms with Crippen LogP contribution in [-0.2, 0) is 9.59 Å². The Labute approximate surface area is 83.6 Å². The number of hydrogen-bond acceptors (Lipinski definition) is 3. The number of nitrogens with zero attached hydrogens (tertiary/aromatic N) is 1. The van der Waals surface area contributed by atoms with E-state index < -0.39 is 5.91 Å². The van der Waals surface area contributed by atoms with Crippen molar-refractivity contribution in [3.63, 3.8) is 0 Å². The van der Waals surface area contributed by atoms with Crippen LogP contribution < -0.4 is 11.1 Å². The standard InChI is InChI=1S/C9H17N3O2/c1-7(13)12(6-9(10)14)8-2-4-11-5-3-8/h8,11H,2-6H2,1H3,(H2,10,14). The summed E-state index contributed by atoms with van der Waals surface area (Å²) in [4.78, 5) is 23.6. The molecule has 1 aliphatic rings. The fourth-order valence-corrected chi connectivity index (χ4v) is 1.78. The molecule has 1 fully saturated rings. The number of nitrogens with two attached hydrogens (primary N) is 1. The Morgan fingerprint density at radius 2 is 2.00 bits per heavy atom. The van der Waals surface area contributed by atoms with Crippen LogP contribution in [0, 0.1) is 0 Å². The van der Waals surface area contributed by atoms with Gasteiger partial charge in [-0.3, -0.25) is 9.59 Å². The van der Waals surface area contributed by atoms with Crippen molar-refractivity contribution >= 4 is 11.8 Å². The second-order valence-electron chi connectivity index (χ2n) is 3.59. The maximum atomic E-state index is 11.3. The van der Waals surface area contributed by atoms with Gasteiger partial charge in [0.1, 0.15) is 0 Å². The summed E-state index contributed by atoms with van der Waals surface area (Å²) >= 11 is 0. The zero-order valence-corrected chi connectivity index (χ0v) is 8.45. The molecule has 1 heterocycles. The number of piperidine rings is 1. The summed E-state index contributed by atoms with van der Waals surface area (Å²) in [6, 6.07) is 0.168. The number of hydrogen-bond donors (Lipinski definition) is 2. The van der Waals surface area contributed by atoms with E-state index in [0.717, 1.165) is 25.9 Å². The molecule has 0 aromatic carbocycles. The molecule has 1 saturated heterocycles. The summed E-state index contributed by atoms with van der Waals surface area (Å²) in [5.41, 5.74) is 5.09. The molecule has 0 radical (unpaired) electrons. The lowest BCUT2D eigenvalue weighted by Gasteiger charge is -2.33. The largest absolute Gasteiger partial charge is 0.368 e. The summed E-state index contributed by atoms with van der Waals surface area (Å²) in [5.74, 6) is -0.519. The number of amides is 2. The minimum atomic E-state index is -0.446. The van der Waals surface area contributed by atoms with Crippen LogP contribution in [0.3, 0.4) is 0 Å². The predicted octanol–water partition coefficient (Wildman–Crippen LogP) is -0.928. The summed E-state index contributed by atoms with van der Waals surface area (Å²) in [7, 11) is 0. The lowest BCUT2D eigenvalue weighted by Crippen LogP contribution is -2.48. The molecule has 5 nitrogen and oxygen atoms in total. The van der Waals surface area contributed by atoms with Crippen molar-refractivity contribution in [1.29, 1.82) is 0 Å². The number of primary amides is 1. The van der Waals surface area contributed by atoms with Crippen molar-refractivity contribution in [3.05, 3.63) is 0 Å². The van der Waals surface area contributed by atoms with Crippen LogP contribution in [0.1, 0.15) is 19.8 Å². The highest BCUT2D eigenvalue weighted by atomic mass is 16.2. The average Bonchev–Trinajstić information content (AvgIpc) is 2.15. The van der Waals surface area contributed by atoms with Crippen molar-refractivity contribution in [3.8, 4) is 0 Å². The third-order valence-electron chi connectivity index (χ3n) is 2.48. The Balaban J connectivity index is 2.56. The molecule has 3 N–H and O–H groups in total. The zero-order chi connectivity index (χ0) is 10.6. The van der Waals surface area contributed by atoms with Gasteiger partial charge in [0.05, 0.1) is 6.54 Å². The molecule has 0 saturated carbocycles. The SMILES string of the molecule is CC(=O)N(CC(N)=O)C1CCNCC1. The van der Waals surface area contributed by atoms with E-state index >= 15 is 0 Å². The van der Waals surface area contributed by atoms with Crippen molar-refractivity contribution in [2.75, 3.05) is 19.6 Å². The molecule has 0 atom stereocenters. The van der Waals surface area contributed by atoms with Crippen molar-refractivity contribution < 1.29 is 9.59 Å². The normalized spacial score (nSPS) is 17.8. The Morgan fingerprint density at radius 3 is 2.43 bits per heavy atom. The third-order valence-corrected chi connectivity index (χ3v) is 2.48. The topological polar surface area (TPSA) is 75.4 Å². The fourth-order valence-electron chi connectivity index (χ4n) is 1.78. The molecule has 0 spiro atoms. The Bertz CT molecular complexity index is 224. The highest BCUT2D eigenvalue weighted by molar-refractivity contribution is 5.82. The molecule has 0 bridgehead atoms. The smallest absolute Gasteiger partial charge is 0.237 e. The first-order chi connectivity index (χ1) is 6.61. The zero-order valence-electron chi connectivity index (χ0n) is 8.45. The molecule has 14 heavy (non-hydrogen) atoms. The molecular formula is C9H17N3O2. The minimum absolute atomic E-state index is 0.0417. The Hall–Kier alpha value is -1.10. The van der Waals surface area contributed by atoms with Gasteiger partial charge in [0.2, 0.25) is 11.8 Å². The quantitative estimate of drug-likeness (QED) is 0.616. The van der Waals surface area contributed by atoms with Gasteiger partial charge in [0.15, 0.2) is 0 Å². The second kappa shape index (κ2) is 4.95. The van der Waals surface area contributed by atoms with Crippen LogP contribution >= 0.6 is 0 Å². The van der Waals surface area contributed by atoms with Crippen molar-refractivity contribution in [1.82, 2.24) is 10.2 Å². The van der Waals surface area contributed by atoms with Crippen LogP contribution in [0.4, 0.5) is 0 Å². The number of rotatable bonds is 3. The lowest BCUT2D eigenvalue weighted by molar-refractivity contribution is -0.136. The molecule has 1 aliphatic heterocycles. The van der Waals surface area contributed by atoms with Gasteiger partial charge in [-0.2, -0.15) is 0 Å². The van der Waals surface area contributed by atoms with E-state index in [1.165, 1.54) is 6.92 Å². The van der Waals surface area contributed by atoms with Gasteiger partial charge in [-0.1, -0.05) is 0 Å². The van der Waals surface area contributed by atoms with Crippen molar-refractivity contribution in [2.45, 2.75) is 25.8 Å². The van der Waals surface area contributed by atoms with Crippen LogP contribution in [0.5, 0.6) is 0 Å². The average molecular weight is 199 g/mol. The highest BCUT2D eigenvalue weighted by Crippen LogP contribution is 2.11. The molecular weight excluding hydrogens is 182 g/mol. The monoisotopic (exact) mass is 199 g/mol. The summed E-state index contributed by atoms with van der Waals surface area (Å²) in [6.45, 7) is 3.31. The number of carbonyl (C=O) groups is 2. The summed E-state index contributed by atoms with van der Waals surface area (Å²) in [6.07, 6.45) is 1.79. The van der Waals surface area contributed by atoms with Crippen LogP contribution in [0.15, 0.2) is 0 Å². The van der Waals surface area contributed by atoms with Crippen molar-refractivity contribution in [2.24, 2.45) is 5.73 Å². The molecule has 2 amide bonds.